The number of aliphatic hydroxyl groups is 2. The molecule has 0 unspecified atom stereocenters. The molecule has 1 saturated carbocycles. The van der Waals surface area contributed by atoms with Gasteiger partial charge in [-0.3, -0.25) is 0 Å². The van der Waals surface area contributed by atoms with Crippen molar-refractivity contribution in [3.63, 3.8) is 0 Å². The first-order chi connectivity index (χ1) is 18.6. The van der Waals surface area contributed by atoms with Gasteiger partial charge in [0.2, 0.25) is 0 Å². The number of aryl methyl sites for hydroxylation is 1. The van der Waals surface area contributed by atoms with Crippen molar-refractivity contribution in [2.45, 2.75) is 82.5 Å². The number of hydrogen-bond acceptors (Lipinski definition) is 8. The van der Waals surface area contributed by atoms with Gasteiger partial charge in [0.1, 0.15) is 41.9 Å². The lowest BCUT2D eigenvalue weighted by Gasteiger charge is -2.42. The van der Waals surface area contributed by atoms with Crippen LogP contribution in [0.2, 0.25) is 0 Å². The predicted octanol–water partition coefficient (Wildman–Crippen LogP) is 3.15. The second-order valence-corrected chi connectivity index (χ2v) is 12.4. The number of nitrogen functional groups attached to an aromatic ring is 1. The Labute approximate surface area is 228 Å². The zero-order valence-corrected chi connectivity index (χ0v) is 23.1. The van der Waals surface area contributed by atoms with Crippen molar-refractivity contribution < 1.29 is 14.9 Å². The van der Waals surface area contributed by atoms with E-state index in [4.69, 9.17) is 15.5 Å². The molecule has 0 radical (unpaired) electrons. The molecule has 1 aromatic carbocycles. The fourth-order valence-electron chi connectivity index (χ4n) is 6.02. The number of aromatic nitrogens is 5. The quantitative estimate of drug-likeness (QED) is 0.284. The number of ether oxygens (including phenoxy) is 1. The molecular weight excluding hydrogens is 494 g/mol. The van der Waals surface area contributed by atoms with Gasteiger partial charge >= 0.3 is 0 Å². The number of likely N-dealkylation sites (N-methyl/N-ethyl adjacent to an activating group) is 1. The number of imidazole rings is 1. The van der Waals surface area contributed by atoms with Crippen molar-refractivity contribution in [2.24, 2.45) is 5.92 Å². The van der Waals surface area contributed by atoms with Gasteiger partial charge in [-0.25, -0.2) is 15.0 Å². The van der Waals surface area contributed by atoms with E-state index >= 15 is 0 Å². The maximum Gasteiger partial charge on any atom is 0.164 e. The zero-order valence-electron chi connectivity index (χ0n) is 23.1. The third-order valence-electron chi connectivity index (χ3n) is 8.64. The minimum Gasteiger partial charge on any atom is -0.387 e. The average molecular weight is 534 g/mol. The summed E-state index contributed by atoms with van der Waals surface area (Å²) in [5.74, 6) is 2.08. The van der Waals surface area contributed by atoms with Crippen molar-refractivity contribution in [3.8, 4) is 0 Å². The minimum absolute atomic E-state index is 0.110. The molecule has 10 nitrogen and oxygen atoms in total. The van der Waals surface area contributed by atoms with Crippen LogP contribution in [0.5, 0.6) is 0 Å². The Hall–Kier alpha value is -3.05. The summed E-state index contributed by atoms with van der Waals surface area (Å²) in [5.41, 5.74) is 10.1. The molecule has 0 amide bonds. The largest absolute Gasteiger partial charge is 0.387 e. The van der Waals surface area contributed by atoms with Crippen LogP contribution in [0.25, 0.3) is 22.1 Å². The number of nitrogens with zero attached hydrogens (tertiary/aromatic N) is 5. The van der Waals surface area contributed by atoms with E-state index in [2.05, 4.69) is 65.9 Å². The van der Waals surface area contributed by atoms with Crippen molar-refractivity contribution in [1.82, 2.24) is 29.4 Å². The molecule has 4 atom stereocenters. The van der Waals surface area contributed by atoms with Gasteiger partial charge in [0.05, 0.1) is 16.4 Å². The molecule has 4 heterocycles. The van der Waals surface area contributed by atoms with E-state index in [1.807, 2.05) is 0 Å². The third-order valence-corrected chi connectivity index (χ3v) is 8.64. The van der Waals surface area contributed by atoms with Gasteiger partial charge in [-0.15, -0.1) is 0 Å². The highest BCUT2D eigenvalue weighted by atomic mass is 16.6. The number of nitrogens with one attached hydrogen (secondary N) is 1. The zero-order chi connectivity index (χ0) is 27.5. The molecule has 5 N–H and O–H groups in total. The van der Waals surface area contributed by atoms with Crippen LogP contribution < -0.4 is 5.73 Å². The molecule has 208 valence electrons. The molecule has 6 rings (SSSR count). The van der Waals surface area contributed by atoms with Gasteiger partial charge in [-0.2, -0.15) is 0 Å². The lowest BCUT2D eigenvalue weighted by Crippen LogP contribution is -2.47. The maximum absolute atomic E-state index is 10.8. The lowest BCUT2D eigenvalue weighted by atomic mass is 9.76. The number of H-pyrrole nitrogens is 1. The second kappa shape index (κ2) is 9.85. The number of fused-ring (bicyclic) bond motifs is 2. The van der Waals surface area contributed by atoms with E-state index in [-0.39, 0.29) is 5.41 Å². The fourth-order valence-corrected chi connectivity index (χ4v) is 6.02. The van der Waals surface area contributed by atoms with Crippen LogP contribution in [-0.2, 0) is 16.6 Å². The Morgan fingerprint density at radius 3 is 2.72 bits per heavy atom. The average Bonchev–Trinajstić information content (AvgIpc) is 3.54. The van der Waals surface area contributed by atoms with Crippen LogP contribution in [0, 0.1) is 5.92 Å². The molecule has 1 aliphatic carbocycles. The van der Waals surface area contributed by atoms with Gasteiger partial charge < -0.3 is 35.1 Å². The number of anilines is 1. The Morgan fingerprint density at radius 2 is 1.95 bits per heavy atom. The molecule has 2 fully saturated rings. The maximum atomic E-state index is 10.8. The van der Waals surface area contributed by atoms with Crippen LogP contribution in [-0.4, -0.2) is 77.6 Å². The number of nitrogens with two attached hydrogens (primary N) is 1. The molecule has 1 saturated heterocycles. The Morgan fingerprint density at radius 1 is 1.15 bits per heavy atom. The van der Waals surface area contributed by atoms with Gasteiger partial charge in [-0.1, -0.05) is 26.8 Å². The van der Waals surface area contributed by atoms with Crippen molar-refractivity contribution in [1.29, 1.82) is 0 Å². The molecular formula is C29H39N7O3. The summed E-state index contributed by atoms with van der Waals surface area (Å²) >= 11 is 0. The Kier molecular flexibility index (Phi) is 6.61. The normalized spacial score (nSPS) is 27.6. The van der Waals surface area contributed by atoms with Gasteiger partial charge in [0, 0.05) is 25.2 Å². The fraction of sp³-hybridized carbons (Fsp3) is 0.552. The summed E-state index contributed by atoms with van der Waals surface area (Å²) in [5, 5.41) is 22.3. The number of aromatic amines is 1. The monoisotopic (exact) mass is 533 g/mol. The van der Waals surface area contributed by atoms with Crippen LogP contribution >= 0.6 is 0 Å². The number of aliphatic hydroxyl groups excluding tert-OH is 2. The van der Waals surface area contributed by atoms with Crippen LogP contribution in [0.1, 0.15) is 57.6 Å². The summed E-state index contributed by atoms with van der Waals surface area (Å²) in [7, 11) is 2.07. The molecule has 3 aromatic heterocycles. The SMILES string of the molecule is CN(C[C@H]1O[C@@H](n2ccc3c(N)ncnc32)[C@@H](O)[C@H]1O)[C@H]1C[C@H](CCc2nc3cc(C(C)(C)C)ccc3[nH]2)C1. The van der Waals surface area contributed by atoms with E-state index in [0.717, 1.165) is 42.5 Å². The standard InChI is InChI=1S/C29H39N7O3/c1-29(2,3)17-6-7-20-21(13-17)34-23(33-20)8-5-16-11-18(12-16)35(4)14-22-24(37)25(38)28(39-22)36-10-9-19-26(30)31-15-32-27(19)36/h6-7,9-10,13,15-16,18,22,24-25,28,37-38H,5,8,11-12,14H2,1-4H3,(H,33,34)(H2,30,31,32)/t16-,18-,22-,24+,25+,28-/m1/s1. The first-order valence-electron chi connectivity index (χ1n) is 13.9. The van der Waals surface area contributed by atoms with E-state index in [1.165, 1.54) is 11.9 Å². The molecule has 4 aromatic rings. The summed E-state index contributed by atoms with van der Waals surface area (Å²) in [6.07, 6.45) is 4.14. The van der Waals surface area contributed by atoms with Crippen LogP contribution in [0.15, 0.2) is 36.8 Å². The predicted molar refractivity (Wildman–Crippen MR) is 150 cm³/mol. The highest BCUT2D eigenvalue weighted by molar-refractivity contribution is 5.86. The Balaban J connectivity index is 1.01. The summed E-state index contributed by atoms with van der Waals surface area (Å²) in [6.45, 7) is 7.22. The van der Waals surface area contributed by atoms with E-state index in [9.17, 15) is 10.2 Å². The van der Waals surface area contributed by atoms with Crippen LogP contribution in [0.4, 0.5) is 5.82 Å². The minimum atomic E-state index is -1.06. The summed E-state index contributed by atoms with van der Waals surface area (Å²) in [6, 6.07) is 8.77. The van der Waals surface area contributed by atoms with E-state index in [0.29, 0.717) is 35.4 Å². The van der Waals surface area contributed by atoms with E-state index < -0.39 is 24.5 Å². The Bertz CT molecular complexity index is 1470. The molecule has 0 bridgehead atoms. The van der Waals surface area contributed by atoms with Gasteiger partial charge in [-0.05, 0) is 61.4 Å². The highest BCUT2D eigenvalue weighted by Crippen LogP contribution is 2.37. The summed E-state index contributed by atoms with van der Waals surface area (Å²) in [4.78, 5) is 18.9. The number of rotatable bonds is 7. The van der Waals surface area contributed by atoms with Gasteiger partial charge in [0.15, 0.2) is 6.23 Å². The molecule has 10 heteroatoms. The first-order valence-corrected chi connectivity index (χ1v) is 13.9. The molecule has 39 heavy (non-hydrogen) atoms. The lowest BCUT2D eigenvalue weighted by molar-refractivity contribution is -0.0512. The highest BCUT2D eigenvalue weighted by Gasteiger charge is 2.45. The van der Waals surface area contributed by atoms with E-state index in [1.54, 1.807) is 16.8 Å². The first kappa shape index (κ1) is 26.2. The number of benzene rings is 1. The topological polar surface area (TPSA) is 138 Å². The second-order valence-electron chi connectivity index (χ2n) is 12.4. The third kappa shape index (κ3) is 4.91. The van der Waals surface area contributed by atoms with Crippen LogP contribution in [0.3, 0.4) is 0 Å². The van der Waals surface area contributed by atoms with Crippen molar-refractivity contribution >= 4 is 27.9 Å². The molecule has 1 aliphatic heterocycles. The molecule has 0 spiro atoms. The summed E-state index contributed by atoms with van der Waals surface area (Å²) < 4.78 is 7.89. The molecule has 2 aliphatic rings. The smallest absolute Gasteiger partial charge is 0.164 e. The van der Waals surface area contributed by atoms with Gasteiger partial charge in [0.25, 0.3) is 0 Å². The number of hydrogen-bond donors (Lipinski definition) is 4. The van der Waals surface area contributed by atoms with Crippen molar-refractivity contribution in [3.05, 3.63) is 48.2 Å². The van der Waals surface area contributed by atoms with Crippen molar-refractivity contribution in [2.75, 3.05) is 19.3 Å².